The third-order valence-electron chi connectivity index (χ3n) is 2.81. The van der Waals surface area contributed by atoms with Gasteiger partial charge in [0.15, 0.2) is 0 Å². The summed E-state index contributed by atoms with van der Waals surface area (Å²) in [5, 5.41) is 12.3. The van der Waals surface area contributed by atoms with E-state index in [1.165, 1.54) is 5.56 Å². The van der Waals surface area contributed by atoms with E-state index in [1.807, 2.05) is 32.0 Å². The van der Waals surface area contributed by atoms with Crippen molar-refractivity contribution >= 4 is 11.5 Å². The van der Waals surface area contributed by atoms with Gasteiger partial charge in [-0.15, -0.1) is 0 Å². The lowest BCUT2D eigenvalue weighted by Crippen LogP contribution is -2.09. The smallest absolute Gasteiger partial charge is 0.135 e. The molecule has 0 spiro atoms. The normalized spacial score (nSPS) is 10.9. The highest BCUT2D eigenvalue weighted by Crippen LogP contribution is 2.32. The number of pyridine rings is 1. The summed E-state index contributed by atoms with van der Waals surface area (Å²) in [5.74, 6) is 0.803. The number of nitrogens with one attached hydrogen (secondary N) is 1. The topological polar surface area (TPSA) is 48.7 Å². The quantitative estimate of drug-likeness (QED) is 0.649. The van der Waals surface area contributed by atoms with Crippen molar-refractivity contribution in [1.82, 2.24) is 4.98 Å². The number of nitrogens with zero attached hydrogens (tertiary/aromatic N) is 2. The van der Waals surface area contributed by atoms with Crippen molar-refractivity contribution in [2.45, 2.75) is 20.3 Å². The van der Waals surface area contributed by atoms with Gasteiger partial charge in [-0.2, -0.15) is 5.26 Å². The van der Waals surface area contributed by atoms with Crippen LogP contribution in [-0.4, -0.2) is 4.98 Å². The van der Waals surface area contributed by atoms with Gasteiger partial charge in [0.05, 0.1) is 11.6 Å². The summed E-state index contributed by atoms with van der Waals surface area (Å²) < 4.78 is 0. The molecule has 1 aliphatic heterocycles. The predicted molar refractivity (Wildman–Crippen MR) is 72.8 cm³/mol. The van der Waals surface area contributed by atoms with Gasteiger partial charge in [-0.05, 0) is 17.7 Å². The Morgan fingerprint density at radius 1 is 1.22 bits per heavy atom. The van der Waals surface area contributed by atoms with Crippen LogP contribution in [0.5, 0.6) is 0 Å². The minimum absolute atomic E-state index is 0.701. The van der Waals surface area contributed by atoms with Crippen LogP contribution in [0.3, 0.4) is 0 Å². The second-order valence-electron chi connectivity index (χ2n) is 3.76. The number of benzene rings is 1. The Bertz CT molecular complexity index is 597. The van der Waals surface area contributed by atoms with Gasteiger partial charge in [0.1, 0.15) is 5.82 Å². The molecule has 0 fully saturated rings. The number of hydrogen-bond donors (Lipinski definition) is 1. The first-order chi connectivity index (χ1) is 8.88. The lowest BCUT2D eigenvalue weighted by Gasteiger charge is -2.20. The van der Waals surface area contributed by atoms with Crippen molar-refractivity contribution in [1.29, 1.82) is 5.26 Å². The lowest BCUT2D eigenvalue weighted by molar-refractivity contribution is 1.10. The molecule has 18 heavy (non-hydrogen) atoms. The highest BCUT2D eigenvalue weighted by Gasteiger charge is 2.17. The zero-order chi connectivity index (χ0) is 13.0. The summed E-state index contributed by atoms with van der Waals surface area (Å²) in [7, 11) is 0. The molecule has 3 nitrogen and oxygen atoms in total. The third-order valence-corrected chi connectivity index (χ3v) is 2.81. The molecule has 1 N–H and O–H groups in total. The van der Waals surface area contributed by atoms with Crippen LogP contribution in [0, 0.1) is 11.3 Å². The van der Waals surface area contributed by atoms with Crippen LogP contribution in [0.1, 0.15) is 30.5 Å². The highest BCUT2D eigenvalue weighted by atomic mass is 15.0. The van der Waals surface area contributed by atoms with Gasteiger partial charge < -0.3 is 5.32 Å². The van der Waals surface area contributed by atoms with E-state index in [9.17, 15) is 0 Å². The molecular weight excluding hydrogens is 222 g/mol. The average Bonchev–Trinajstić information content (AvgIpc) is 2.46. The van der Waals surface area contributed by atoms with Crippen LogP contribution in [0.2, 0.25) is 0 Å². The van der Waals surface area contributed by atoms with E-state index < -0.39 is 0 Å². The molecule has 1 aliphatic rings. The fourth-order valence-corrected chi connectivity index (χ4v) is 2.00. The van der Waals surface area contributed by atoms with Crippen LogP contribution in [0.25, 0.3) is 0 Å². The maximum absolute atomic E-state index is 9.04. The number of fused-ring (bicyclic) bond motifs is 2. The zero-order valence-electron chi connectivity index (χ0n) is 10.6. The van der Waals surface area contributed by atoms with Gasteiger partial charge >= 0.3 is 0 Å². The van der Waals surface area contributed by atoms with E-state index in [0.29, 0.717) is 5.56 Å². The number of rotatable bonds is 0. The van der Waals surface area contributed by atoms with Gasteiger partial charge in [0.2, 0.25) is 0 Å². The molecular formula is C15H15N3. The molecule has 3 heteroatoms. The number of nitriles is 1. The number of para-hydroxylation sites is 1. The number of anilines is 2. The molecule has 0 saturated carbocycles. The third kappa shape index (κ3) is 2.05. The van der Waals surface area contributed by atoms with Crippen molar-refractivity contribution < 1.29 is 0 Å². The van der Waals surface area contributed by atoms with E-state index in [1.54, 1.807) is 12.3 Å². The summed E-state index contributed by atoms with van der Waals surface area (Å²) >= 11 is 0. The lowest BCUT2D eigenvalue weighted by atomic mass is 9.97. The fraction of sp³-hybridized carbons (Fsp3) is 0.200. The van der Waals surface area contributed by atoms with Crippen molar-refractivity contribution in [3.63, 3.8) is 0 Å². The van der Waals surface area contributed by atoms with Crippen molar-refractivity contribution in [2.24, 2.45) is 0 Å². The number of aromatic nitrogens is 1. The summed E-state index contributed by atoms with van der Waals surface area (Å²) in [6, 6.07) is 12.1. The Labute approximate surface area is 107 Å². The molecule has 0 atom stereocenters. The largest absolute Gasteiger partial charge is 0.340 e. The maximum atomic E-state index is 9.04. The molecule has 0 amide bonds. The summed E-state index contributed by atoms with van der Waals surface area (Å²) in [4.78, 5) is 4.26. The first-order valence-electron chi connectivity index (χ1n) is 6.11. The van der Waals surface area contributed by atoms with Gasteiger partial charge in [-0.1, -0.05) is 32.0 Å². The molecule has 0 bridgehead atoms. The van der Waals surface area contributed by atoms with Crippen molar-refractivity contribution in [3.05, 3.63) is 53.2 Å². The van der Waals surface area contributed by atoms with Crippen LogP contribution in [0.15, 0.2) is 36.5 Å². The fourth-order valence-electron chi connectivity index (χ4n) is 2.00. The maximum Gasteiger partial charge on any atom is 0.135 e. The monoisotopic (exact) mass is 237 g/mol. The van der Waals surface area contributed by atoms with Crippen LogP contribution < -0.4 is 5.32 Å². The van der Waals surface area contributed by atoms with Gasteiger partial charge in [-0.3, -0.25) is 0 Å². The van der Waals surface area contributed by atoms with Gasteiger partial charge in [-0.25, -0.2) is 4.98 Å². The summed E-state index contributed by atoms with van der Waals surface area (Å²) in [5.41, 5.74) is 3.98. The minimum Gasteiger partial charge on any atom is -0.340 e. The van der Waals surface area contributed by atoms with E-state index in [-0.39, 0.29) is 0 Å². The average molecular weight is 237 g/mol. The van der Waals surface area contributed by atoms with Crippen LogP contribution in [0.4, 0.5) is 11.5 Å². The van der Waals surface area contributed by atoms with Crippen LogP contribution >= 0.6 is 0 Å². The Morgan fingerprint density at radius 3 is 2.78 bits per heavy atom. The zero-order valence-corrected chi connectivity index (χ0v) is 10.6. The molecule has 2 heterocycles. The minimum atomic E-state index is 0.701. The highest BCUT2D eigenvalue weighted by molar-refractivity contribution is 5.70. The second kappa shape index (κ2) is 5.33. The number of hydrogen-bond acceptors (Lipinski definition) is 3. The Morgan fingerprint density at radius 2 is 2.00 bits per heavy atom. The molecule has 90 valence electrons. The molecule has 1 aromatic carbocycles. The molecule has 2 aromatic rings. The molecule has 0 saturated heterocycles. The summed E-state index contributed by atoms with van der Waals surface area (Å²) in [6.45, 7) is 4.00. The molecule has 0 radical (unpaired) electrons. The van der Waals surface area contributed by atoms with Gasteiger partial charge in [0, 0.05) is 23.9 Å². The SMILES string of the molecule is CC.N#Cc1ccnc2c1Cc1ccccc1N2. The van der Waals surface area contributed by atoms with Gasteiger partial charge in [0.25, 0.3) is 0 Å². The first kappa shape index (κ1) is 12.1. The van der Waals surface area contributed by atoms with Crippen LogP contribution in [-0.2, 0) is 6.42 Å². The predicted octanol–water partition coefficient (Wildman–Crippen LogP) is 3.63. The van der Waals surface area contributed by atoms with E-state index in [2.05, 4.69) is 22.4 Å². The Balaban J connectivity index is 0.000000574. The first-order valence-corrected chi connectivity index (χ1v) is 6.11. The Hall–Kier alpha value is -2.34. The summed E-state index contributed by atoms with van der Waals surface area (Å²) in [6.07, 6.45) is 2.44. The molecule has 0 aliphatic carbocycles. The van der Waals surface area contributed by atoms with Crippen molar-refractivity contribution in [2.75, 3.05) is 5.32 Å². The van der Waals surface area contributed by atoms with E-state index in [0.717, 1.165) is 23.5 Å². The Kier molecular flexibility index (Phi) is 3.59. The van der Waals surface area contributed by atoms with Crippen molar-refractivity contribution in [3.8, 4) is 6.07 Å². The second-order valence-corrected chi connectivity index (χ2v) is 3.76. The molecule has 3 rings (SSSR count). The molecule has 1 aromatic heterocycles. The standard InChI is InChI=1S/C13H9N3.C2H6/c14-8-10-5-6-15-13-11(10)7-9-3-1-2-4-12(9)16-13;1-2/h1-6H,7H2,(H,15,16);1-2H3. The van der Waals surface area contributed by atoms with E-state index >= 15 is 0 Å². The molecule has 0 unspecified atom stereocenters. The van der Waals surface area contributed by atoms with E-state index in [4.69, 9.17) is 5.26 Å².